The summed E-state index contributed by atoms with van der Waals surface area (Å²) in [7, 11) is 0. The molecule has 1 aromatic heterocycles. The predicted molar refractivity (Wildman–Crippen MR) is 288 cm³/mol. The Labute approximate surface area is 395 Å². The highest BCUT2D eigenvalue weighted by Gasteiger charge is 2.23. The Kier molecular flexibility index (Phi) is 9.54. The molecule has 0 amide bonds. The van der Waals surface area contributed by atoms with Gasteiger partial charge in [-0.1, -0.05) is 218 Å². The van der Waals surface area contributed by atoms with Crippen molar-refractivity contribution >= 4 is 71.3 Å². The molecule has 0 aliphatic rings. The van der Waals surface area contributed by atoms with Crippen molar-refractivity contribution in [2.75, 3.05) is 4.90 Å². The maximum Gasteiger partial charge on any atom is 0.145 e. The molecule has 0 saturated carbocycles. The average Bonchev–Trinajstić information content (AvgIpc) is 3.81. The van der Waals surface area contributed by atoms with Gasteiger partial charge in [-0.05, 0) is 125 Å². The SMILES string of the molecule is c1ccc(-c2ccccc2-c2cccc3ccccc23)c(-c2ccc(N(c3ccc(-c4cccc5ccccc45)cc3)c3ccc(-c4cccc5ccccc45)c4oc5ccccc5c34)cc2)c1. The molecule has 0 spiro atoms. The van der Waals surface area contributed by atoms with Crippen LogP contribution in [0.25, 0.3) is 110 Å². The van der Waals surface area contributed by atoms with Gasteiger partial charge in [-0.2, -0.15) is 0 Å². The van der Waals surface area contributed by atoms with Crippen molar-refractivity contribution in [1.29, 1.82) is 0 Å². The van der Waals surface area contributed by atoms with Crippen LogP contribution >= 0.6 is 0 Å². The molecular weight excluding hydrogens is 823 g/mol. The topological polar surface area (TPSA) is 16.4 Å². The predicted octanol–water partition coefficient (Wildman–Crippen LogP) is 18.9. The Bertz CT molecular complexity index is 4010. The molecular formula is C66H43NO. The number of rotatable bonds is 8. The molecule has 2 nitrogen and oxygen atoms in total. The molecule has 0 aliphatic carbocycles. The van der Waals surface area contributed by atoms with Crippen molar-refractivity contribution in [3.8, 4) is 55.6 Å². The normalized spacial score (nSPS) is 11.5. The minimum Gasteiger partial charge on any atom is -0.455 e. The van der Waals surface area contributed by atoms with Gasteiger partial charge < -0.3 is 9.32 Å². The molecule has 0 fully saturated rings. The summed E-state index contributed by atoms with van der Waals surface area (Å²) >= 11 is 0. The molecule has 0 N–H and O–H groups in total. The number of furan rings is 1. The molecule has 0 saturated heterocycles. The first-order valence-electron chi connectivity index (χ1n) is 23.3. The molecule has 13 aromatic rings. The summed E-state index contributed by atoms with van der Waals surface area (Å²) in [5.74, 6) is 0. The summed E-state index contributed by atoms with van der Waals surface area (Å²) in [6.45, 7) is 0. The Hall–Kier alpha value is -8.98. The van der Waals surface area contributed by atoms with Crippen molar-refractivity contribution in [2.24, 2.45) is 0 Å². The summed E-state index contributed by atoms with van der Waals surface area (Å²) in [5, 5.41) is 9.50. The Balaban J connectivity index is 0.981. The second-order valence-corrected chi connectivity index (χ2v) is 17.5. The third-order valence-electron chi connectivity index (χ3n) is 13.7. The first kappa shape index (κ1) is 39.4. The van der Waals surface area contributed by atoms with Crippen molar-refractivity contribution < 1.29 is 4.42 Å². The lowest BCUT2D eigenvalue weighted by Crippen LogP contribution is -2.10. The van der Waals surface area contributed by atoms with Gasteiger partial charge in [0.1, 0.15) is 11.2 Å². The Morgan fingerprint density at radius 2 is 0.632 bits per heavy atom. The zero-order valence-electron chi connectivity index (χ0n) is 37.2. The third kappa shape index (κ3) is 6.65. The van der Waals surface area contributed by atoms with Crippen LogP contribution in [0.1, 0.15) is 0 Å². The maximum absolute atomic E-state index is 6.94. The van der Waals surface area contributed by atoms with Gasteiger partial charge in [0, 0.05) is 22.3 Å². The van der Waals surface area contributed by atoms with Gasteiger partial charge in [-0.3, -0.25) is 0 Å². The van der Waals surface area contributed by atoms with Gasteiger partial charge in [0.05, 0.1) is 11.1 Å². The smallest absolute Gasteiger partial charge is 0.145 e. The standard InChI is InChI=1S/C66H43NO/c1-4-22-51-44(16-1)19-13-30-52(51)47-34-38-49(39-35-47)67(63-43-42-61(58-32-15-21-46-18-3-6-24-54(46)58)66-65(63)62-29-11-12-33-64(62)68-66)50-40-36-48(37-41-50)55-25-7-8-26-56(55)59-27-9-10-28-60(59)57-31-14-20-45-17-2-5-23-53(45)57/h1-43H. The van der Waals surface area contributed by atoms with E-state index in [9.17, 15) is 0 Å². The van der Waals surface area contributed by atoms with E-state index in [1.54, 1.807) is 0 Å². The van der Waals surface area contributed by atoms with E-state index in [0.717, 1.165) is 55.7 Å². The lowest BCUT2D eigenvalue weighted by atomic mass is 9.88. The molecule has 1 heterocycles. The second-order valence-electron chi connectivity index (χ2n) is 17.5. The van der Waals surface area contributed by atoms with Crippen LogP contribution in [0.4, 0.5) is 17.1 Å². The fraction of sp³-hybridized carbons (Fsp3) is 0. The zero-order chi connectivity index (χ0) is 45.0. The van der Waals surface area contributed by atoms with E-state index in [1.807, 2.05) is 0 Å². The summed E-state index contributed by atoms with van der Waals surface area (Å²) in [4.78, 5) is 2.40. The number of anilines is 3. The van der Waals surface area contributed by atoms with E-state index < -0.39 is 0 Å². The van der Waals surface area contributed by atoms with Crippen LogP contribution in [0.15, 0.2) is 265 Å². The summed E-state index contributed by atoms with van der Waals surface area (Å²) in [6, 6.07) is 94.3. The van der Waals surface area contributed by atoms with Crippen LogP contribution in [-0.2, 0) is 0 Å². The number of hydrogen-bond acceptors (Lipinski definition) is 2. The van der Waals surface area contributed by atoms with E-state index in [-0.39, 0.29) is 0 Å². The lowest BCUT2D eigenvalue weighted by Gasteiger charge is -2.27. The number of hydrogen-bond donors (Lipinski definition) is 0. The highest BCUT2D eigenvalue weighted by molar-refractivity contribution is 6.18. The van der Waals surface area contributed by atoms with Gasteiger partial charge in [0.2, 0.25) is 0 Å². The van der Waals surface area contributed by atoms with Crippen molar-refractivity contribution in [2.45, 2.75) is 0 Å². The van der Waals surface area contributed by atoms with Gasteiger partial charge in [0.25, 0.3) is 0 Å². The van der Waals surface area contributed by atoms with E-state index in [1.165, 1.54) is 71.3 Å². The first-order valence-corrected chi connectivity index (χ1v) is 23.3. The van der Waals surface area contributed by atoms with Crippen molar-refractivity contribution in [3.05, 3.63) is 261 Å². The number of fused-ring (bicyclic) bond motifs is 6. The first-order chi connectivity index (χ1) is 33.7. The van der Waals surface area contributed by atoms with Gasteiger partial charge in [0.15, 0.2) is 0 Å². The molecule has 0 atom stereocenters. The van der Waals surface area contributed by atoms with Crippen LogP contribution in [0.3, 0.4) is 0 Å². The Morgan fingerprint density at radius 3 is 1.21 bits per heavy atom. The highest BCUT2D eigenvalue weighted by atomic mass is 16.3. The fourth-order valence-electron chi connectivity index (χ4n) is 10.5. The number of nitrogens with zero attached hydrogens (tertiary/aromatic N) is 1. The number of benzene rings is 12. The molecule has 13 rings (SSSR count). The molecule has 68 heavy (non-hydrogen) atoms. The van der Waals surface area contributed by atoms with Crippen LogP contribution < -0.4 is 4.90 Å². The summed E-state index contributed by atoms with van der Waals surface area (Å²) in [5.41, 5.74) is 16.7. The lowest BCUT2D eigenvalue weighted by molar-refractivity contribution is 0.670. The third-order valence-corrected chi connectivity index (χ3v) is 13.7. The van der Waals surface area contributed by atoms with Crippen molar-refractivity contribution in [1.82, 2.24) is 0 Å². The fourth-order valence-corrected chi connectivity index (χ4v) is 10.5. The molecule has 0 unspecified atom stereocenters. The minimum absolute atomic E-state index is 0.860. The molecule has 318 valence electrons. The van der Waals surface area contributed by atoms with Crippen LogP contribution in [0.2, 0.25) is 0 Å². The van der Waals surface area contributed by atoms with Gasteiger partial charge in [-0.15, -0.1) is 0 Å². The highest BCUT2D eigenvalue weighted by Crippen LogP contribution is 2.48. The molecule has 12 aromatic carbocycles. The molecule has 2 heteroatoms. The van der Waals surface area contributed by atoms with Gasteiger partial charge in [-0.25, -0.2) is 0 Å². The summed E-state index contributed by atoms with van der Waals surface area (Å²) < 4.78 is 6.94. The minimum atomic E-state index is 0.860. The Morgan fingerprint density at radius 1 is 0.250 bits per heavy atom. The molecule has 0 aliphatic heterocycles. The largest absolute Gasteiger partial charge is 0.455 e. The van der Waals surface area contributed by atoms with E-state index in [2.05, 4.69) is 266 Å². The average molecular weight is 866 g/mol. The number of para-hydroxylation sites is 1. The van der Waals surface area contributed by atoms with E-state index in [0.29, 0.717) is 0 Å². The van der Waals surface area contributed by atoms with E-state index in [4.69, 9.17) is 4.42 Å². The van der Waals surface area contributed by atoms with Crippen LogP contribution in [0, 0.1) is 0 Å². The van der Waals surface area contributed by atoms with Crippen LogP contribution in [0.5, 0.6) is 0 Å². The molecule has 0 radical (unpaired) electrons. The van der Waals surface area contributed by atoms with Gasteiger partial charge >= 0.3 is 0 Å². The van der Waals surface area contributed by atoms with E-state index >= 15 is 0 Å². The maximum atomic E-state index is 6.94. The van der Waals surface area contributed by atoms with Crippen LogP contribution in [-0.4, -0.2) is 0 Å². The second kappa shape index (κ2) is 16.5. The van der Waals surface area contributed by atoms with Crippen molar-refractivity contribution in [3.63, 3.8) is 0 Å². The quantitative estimate of drug-likeness (QED) is 0.151. The monoisotopic (exact) mass is 865 g/mol. The molecule has 0 bridgehead atoms. The summed E-state index contributed by atoms with van der Waals surface area (Å²) in [6.07, 6.45) is 0. The zero-order valence-corrected chi connectivity index (χ0v) is 37.2.